The molecule has 2 saturated heterocycles. The third-order valence-corrected chi connectivity index (χ3v) is 7.47. The molecule has 3 fully saturated rings. The lowest BCUT2D eigenvalue weighted by atomic mass is 10.1. The highest BCUT2D eigenvalue weighted by molar-refractivity contribution is 8.01. The molecular formula is C21H26N2O5S. The van der Waals surface area contributed by atoms with Gasteiger partial charge in [0.2, 0.25) is 12.0 Å². The van der Waals surface area contributed by atoms with Crippen LogP contribution in [0, 0.1) is 0 Å². The van der Waals surface area contributed by atoms with Gasteiger partial charge >= 0.3 is 5.97 Å². The van der Waals surface area contributed by atoms with Gasteiger partial charge in [0.15, 0.2) is 0 Å². The van der Waals surface area contributed by atoms with Gasteiger partial charge in [0.05, 0.1) is 18.0 Å². The summed E-state index contributed by atoms with van der Waals surface area (Å²) in [6.07, 6.45) is 2.77. The summed E-state index contributed by atoms with van der Waals surface area (Å²) in [5.74, 6) is -0.425. The maximum Gasteiger partial charge on any atom is 0.330 e. The van der Waals surface area contributed by atoms with Gasteiger partial charge < -0.3 is 19.7 Å². The Bertz CT molecular complexity index is 760. The average Bonchev–Trinajstić information content (AvgIpc) is 3.24. The third-order valence-electron chi connectivity index (χ3n) is 5.82. The zero-order valence-corrected chi connectivity index (χ0v) is 17.1. The number of ether oxygens (including phenoxy) is 2. The number of amides is 2. The van der Waals surface area contributed by atoms with Crippen LogP contribution in [0.25, 0.3) is 0 Å². The van der Waals surface area contributed by atoms with E-state index in [1.165, 1.54) is 0 Å². The molecule has 8 heteroatoms. The molecule has 7 nitrogen and oxygen atoms in total. The molecule has 3 aliphatic rings. The summed E-state index contributed by atoms with van der Waals surface area (Å²) in [5, 5.41) is 2.84. The Kier molecular flexibility index (Phi) is 6.10. The molecule has 0 radical (unpaired) electrons. The quantitative estimate of drug-likeness (QED) is 0.749. The van der Waals surface area contributed by atoms with E-state index < -0.39 is 18.1 Å². The van der Waals surface area contributed by atoms with Crippen LogP contribution in [0.1, 0.15) is 37.4 Å². The first-order valence-corrected chi connectivity index (χ1v) is 11.1. The number of morpholine rings is 1. The molecule has 4 rings (SSSR count). The lowest BCUT2D eigenvalue weighted by Crippen LogP contribution is -2.56. The summed E-state index contributed by atoms with van der Waals surface area (Å²) in [6.45, 7) is 1.88. The number of nitrogens with one attached hydrogen (secondary N) is 1. The second-order valence-electron chi connectivity index (χ2n) is 7.70. The van der Waals surface area contributed by atoms with Crippen molar-refractivity contribution < 1.29 is 23.9 Å². The Morgan fingerprint density at radius 1 is 1.17 bits per heavy atom. The first-order valence-electron chi connectivity index (χ1n) is 10.2. The first kappa shape index (κ1) is 20.2. The van der Waals surface area contributed by atoms with Crippen LogP contribution < -0.4 is 5.32 Å². The summed E-state index contributed by atoms with van der Waals surface area (Å²) < 4.78 is 10.6. The monoisotopic (exact) mass is 418 g/mol. The Balaban J connectivity index is 1.46. The summed E-state index contributed by atoms with van der Waals surface area (Å²) in [5.41, 5.74) is 0.624. The predicted octanol–water partition coefficient (Wildman–Crippen LogP) is 1.67. The summed E-state index contributed by atoms with van der Waals surface area (Å²) >= 11 is 1.55. The van der Waals surface area contributed by atoms with Gasteiger partial charge in [-0.1, -0.05) is 43.2 Å². The van der Waals surface area contributed by atoms with Crippen molar-refractivity contribution in [3.63, 3.8) is 0 Å². The van der Waals surface area contributed by atoms with Crippen LogP contribution in [0.2, 0.25) is 0 Å². The fourth-order valence-corrected chi connectivity index (χ4v) is 5.59. The molecule has 29 heavy (non-hydrogen) atoms. The Morgan fingerprint density at radius 2 is 1.86 bits per heavy atom. The van der Waals surface area contributed by atoms with E-state index in [1.54, 1.807) is 28.8 Å². The van der Waals surface area contributed by atoms with E-state index in [2.05, 4.69) is 5.32 Å². The minimum atomic E-state index is -1.02. The molecule has 2 aliphatic heterocycles. The highest BCUT2D eigenvalue weighted by atomic mass is 32.2. The number of nitrogens with zero attached hydrogens (tertiary/aromatic N) is 1. The van der Waals surface area contributed by atoms with Crippen LogP contribution in [0.15, 0.2) is 30.3 Å². The van der Waals surface area contributed by atoms with E-state index >= 15 is 0 Å². The molecule has 1 aliphatic carbocycles. The lowest BCUT2D eigenvalue weighted by molar-refractivity contribution is -0.164. The van der Waals surface area contributed by atoms with E-state index in [0.717, 1.165) is 25.7 Å². The fraction of sp³-hybridized carbons (Fsp3) is 0.571. The minimum Gasteiger partial charge on any atom is -0.446 e. The number of carbonyl (C=O) groups is 3. The number of benzene rings is 1. The Morgan fingerprint density at radius 3 is 2.52 bits per heavy atom. The third kappa shape index (κ3) is 4.28. The second-order valence-corrected chi connectivity index (χ2v) is 9.11. The van der Waals surface area contributed by atoms with Crippen molar-refractivity contribution in [2.45, 2.75) is 42.6 Å². The van der Waals surface area contributed by atoms with Crippen LogP contribution in [-0.2, 0) is 23.9 Å². The Hall–Kier alpha value is -2.06. The standard InChI is InChI=1S/C21H26N2O5S/c24-18(23-10-12-27-13-11-23)17(15-6-2-1-3-7-15)28-19(25)16-14-29-21(20(26)22-16)8-4-5-9-21/h1-3,6-7,16-17H,4-5,8-14H2,(H,22,26)/t16-,17-/m0/s1. The molecule has 2 heterocycles. The highest BCUT2D eigenvalue weighted by Gasteiger charge is 2.47. The number of hydrogen-bond donors (Lipinski definition) is 1. The van der Waals surface area contributed by atoms with Crippen LogP contribution >= 0.6 is 11.8 Å². The largest absolute Gasteiger partial charge is 0.446 e. The van der Waals surface area contributed by atoms with Gasteiger partial charge in [-0.05, 0) is 12.8 Å². The first-order chi connectivity index (χ1) is 14.1. The zero-order valence-electron chi connectivity index (χ0n) is 16.3. The van der Waals surface area contributed by atoms with Crippen molar-refractivity contribution >= 4 is 29.5 Å². The van der Waals surface area contributed by atoms with Gasteiger partial charge in [-0.25, -0.2) is 4.79 Å². The van der Waals surface area contributed by atoms with E-state index in [4.69, 9.17) is 9.47 Å². The molecule has 1 aromatic rings. The van der Waals surface area contributed by atoms with E-state index in [1.807, 2.05) is 18.2 Å². The molecule has 1 aromatic carbocycles. The van der Waals surface area contributed by atoms with Gasteiger partial charge in [-0.3, -0.25) is 9.59 Å². The topological polar surface area (TPSA) is 84.9 Å². The van der Waals surface area contributed by atoms with Crippen molar-refractivity contribution in [2.24, 2.45) is 0 Å². The Labute approximate surface area is 174 Å². The number of esters is 1. The van der Waals surface area contributed by atoms with E-state index in [0.29, 0.717) is 37.6 Å². The van der Waals surface area contributed by atoms with Crippen molar-refractivity contribution in [1.82, 2.24) is 10.2 Å². The molecular weight excluding hydrogens is 392 g/mol. The van der Waals surface area contributed by atoms with Gasteiger partial charge in [-0.15, -0.1) is 11.8 Å². The fourth-order valence-electron chi connectivity index (χ4n) is 4.12. The molecule has 156 valence electrons. The van der Waals surface area contributed by atoms with Crippen molar-refractivity contribution in [3.8, 4) is 0 Å². The number of thioether (sulfide) groups is 1. The molecule has 0 bridgehead atoms. The summed E-state index contributed by atoms with van der Waals surface area (Å²) in [6, 6.07) is 8.29. The van der Waals surface area contributed by atoms with E-state index in [-0.39, 0.29) is 16.6 Å². The molecule has 0 unspecified atom stereocenters. The van der Waals surface area contributed by atoms with Gasteiger partial charge in [0, 0.05) is 24.4 Å². The van der Waals surface area contributed by atoms with Crippen molar-refractivity contribution in [2.75, 3.05) is 32.1 Å². The van der Waals surface area contributed by atoms with Crippen LogP contribution in [0.3, 0.4) is 0 Å². The molecule has 2 amide bonds. The maximum atomic E-state index is 13.1. The number of rotatable bonds is 4. The smallest absolute Gasteiger partial charge is 0.330 e. The molecule has 1 spiro atoms. The van der Waals surface area contributed by atoms with Crippen molar-refractivity contribution in [1.29, 1.82) is 0 Å². The zero-order chi connectivity index (χ0) is 20.3. The number of carbonyl (C=O) groups excluding carboxylic acids is 3. The molecule has 1 saturated carbocycles. The maximum absolute atomic E-state index is 13.1. The molecule has 0 aromatic heterocycles. The second kappa shape index (κ2) is 8.75. The SMILES string of the molecule is O=C(O[C@H](C(=O)N1CCOCC1)c1ccccc1)[C@@H]1CSC2(CCCC2)C(=O)N1. The normalized spacial score (nSPS) is 24.8. The average molecular weight is 419 g/mol. The molecule has 2 atom stereocenters. The van der Waals surface area contributed by atoms with Gasteiger partial charge in [-0.2, -0.15) is 0 Å². The van der Waals surface area contributed by atoms with Crippen LogP contribution in [-0.4, -0.2) is 65.5 Å². The van der Waals surface area contributed by atoms with Gasteiger partial charge in [0.1, 0.15) is 6.04 Å². The molecule has 1 N–H and O–H groups in total. The van der Waals surface area contributed by atoms with Crippen molar-refractivity contribution in [3.05, 3.63) is 35.9 Å². The van der Waals surface area contributed by atoms with E-state index in [9.17, 15) is 14.4 Å². The van der Waals surface area contributed by atoms with Gasteiger partial charge in [0.25, 0.3) is 5.91 Å². The predicted molar refractivity (Wildman–Crippen MR) is 108 cm³/mol. The summed E-state index contributed by atoms with van der Waals surface area (Å²) in [4.78, 5) is 40.3. The highest BCUT2D eigenvalue weighted by Crippen LogP contribution is 2.44. The van der Waals surface area contributed by atoms with Crippen LogP contribution in [0.5, 0.6) is 0 Å². The number of hydrogen-bond acceptors (Lipinski definition) is 6. The minimum absolute atomic E-state index is 0.0797. The van der Waals surface area contributed by atoms with Crippen LogP contribution in [0.4, 0.5) is 0 Å². The summed E-state index contributed by atoms with van der Waals surface area (Å²) in [7, 11) is 0. The lowest BCUT2D eigenvalue weighted by Gasteiger charge is -2.36.